The third-order valence-electron chi connectivity index (χ3n) is 7.35. The molecule has 0 unspecified atom stereocenters. The summed E-state index contributed by atoms with van der Waals surface area (Å²) in [6.45, 7) is 5.17. The van der Waals surface area contributed by atoms with Crippen LogP contribution < -0.4 is 4.90 Å². The number of benzene rings is 1. The van der Waals surface area contributed by atoms with Crippen molar-refractivity contribution in [3.05, 3.63) is 29.6 Å². The highest BCUT2D eigenvalue weighted by molar-refractivity contribution is 6.02. The zero-order valence-electron chi connectivity index (χ0n) is 17.6. The molecule has 2 amide bonds. The quantitative estimate of drug-likeness (QED) is 0.758. The molecule has 3 saturated heterocycles. The molecule has 0 aliphatic carbocycles. The van der Waals surface area contributed by atoms with Gasteiger partial charge in [0.05, 0.1) is 19.1 Å². The van der Waals surface area contributed by atoms with Gasteiger partial charge in [-0.15, -0.1) is 0 Å². The number of fused-ring (bicyclic) bond motifs is 3. The molecule has 3 fully saturated rings. The standard InChI is InChI=1S/C23H30FN3O3/c1-2-30-23(29)26-18-4-5-19(26)10-15(9-18)13-25-8-7-20(14-25)27-21-6-3-17(24)11-16(21)12-22(27)28/h3,6,11,15,18-20H,2,4-5,7-10,12-14H2,1H3/t18-,19-,20+/m0/s1. The molecule has 4 aliphatic rings. The van der Waals surface area contributed by atoms with E-state index in [1.54, 1.807) is 6.07 Å². The molecule has 0 N–H and O–H groups in total. The number of anilines is 1. The zero-order valence-corrected chi connectivity index (χ0v) is 17.6. The molecule has 0 aromatic heterocycles. The van der Waals surface area contributed by atoms with Crippen molar-refractivity contribution in [2.24, 2.45) is 5.92 Å². The Hall–Kier alpha value is -2.15. The fraction of sp³-hybridized carbons (Fsp3) is 0.652. The lowest BCUT2D eigenvalue weighted by molar-refractivity contribution is -0.117. The zero-order chi connectivity index (χ0) is 20.8. The van der Waals surface area contributed by atoms with E-state index in [9.17, 15) is 14.0 Å². The van der Waals surface area contributed by atoms with Crippen LogP contribution in [-0.4, -0.2) is 66.2 Å². The Bertz CT molecular complexity index is 833. The van der Waals surface area contributed by atoms with E-state index < -0.39 is 0 Å². The maximum Gasteiger partial charge on any atom is 0.410 e. The Morgan fingerprint density at radius 2 is 1.93 bits per heavy atom. The third-order valence-corrected chi connectivity index (χ3v) is 7.35. The van der Waals surface area contributed by atoms with Crippen molar-refractivity contribution < 1.29 is 18.7 Å². The van der Waals surface area contributed by atoms with E-state index in [1.165, 1.54) is 12.1 Å². The van der Waals surface area contributed by atoms with Crippen molar-refractivity contribution in [3.63, 3.8) is 0 Å². The fourth-order valence-electron chi connectivity index (χ4n) is 6.20. The van der Waals surface area contributed by atoms with E-state index in [0.717, 1.165) is 63.0 Å². The molecule has 5 rings (SSSR count). The van der Waals surface area contributed by atoms with Gasteiger partial charge in [0.15, 0.2) is 0 Å². The second kappa shape index (κ2) is 7.84. The van der Waals surface area contributed by atoms with Gasteiger partial charge in [0.25, 0.3) is 0 Å². The summed E-state index contributed by atoms with van der Waals surface area (Å²) in [6, 6.07) is 5.49. The molecule has 0 radical (unpaired) electrons. The van der Waals surface area contributed by atoms with Crippen LogP contribution in [0, 0.1) is 11.7 Å². The van der Waals surface area contributed by atoms with Crippen LogP contribution in [0.2, 0.25) is 0 Å². The van der Waals surface area contributed by atoms with Gasteiger partial charge in [0, 0.05) is 37.4 Å². The Balaban J connectivity index is 1.19. The van der Waals surface area contributed by atoms with Gasteiger partial charge in [0.2, 0.25) is 5.91 Å². The SMILES string of the molecule is CCOC(=O)N1[C@H]2CC[C@H]1CC(CN1CC[C@@H](N3C(=O)Cc4cc(F)ccc43)C1)C2. The molecule has 162 valence electrons. The van der Waals surface area contributed by atoms with Gasteiger partial charge in [-0.05, 0) is 68.7 Å². The van der Waals surface area contributed by atoms with Crippen molar-refractivity contribution in [2.45, 2.75) is 63.6 Å². The average Bonchev–Trinajstić information content (AvgIpc) is 3.35. The summed E-state index contributed by atoms with van der Waals surface area (Å²) in [6.07, 6.45) is 5.36. The van der Waals surface area contributed by atoms with Crippen molar-refractivity contribution in [1.82, 2.24) is 9.80 Å². The summed E-state index contributed by atoms with van der Waals surface area (Å²) in [7, 11) is 0. The molecule has 1 aromatic carbocycles. The lowest BCUT2D eigenvalue weighted by Gasteiger charge is -2.39. The first-order valence-corrected chi connectivity index (χ1v) is 11.3. The summed E-state index contributed by atoms with van der Waals surface area (Å²) in [5, 5.41) is 0. The predicted octanol–water partition coefficient (Wildman–Crippen LogP) is 3.19. The molecule has 4 heterocycles. The Labute approximate surface area is 176 Å². The van der Waals surface area contributed by atoms with Gasteiger partial charge in [0.1, 0.15) is 5.82 Å². The topological polar surface area (TPSA) is 53.1 Å². The Morgan fingerprint density at radius 1 is 1.17 bits per heavy atom. The van der Waals surface area contributed by atoms with Crippen LogP contribution in [0.25, 0.3) is 0 Å². The molecule has 0 spiro atoms. The highest BCUT2D eigenvalue weighted by atomic mass is 19.1. The fourth-order valence-corrected chi connectivity index (χ4v) is 6.20. The molecule has 0 saturated carbocycles. The number of hydrogen-bond donors (Lipinski definition) is 0. The summed E-state index contributed by atoms with van der Waals surface area (Å²) < 4.78 is 18.8. The minimum Gasteiger partial charge on any atom is -0.450 e. The number of rotatable bonds is 4. The van der Waals surface area contributed by atoms with E-state index in [0.29, 0.717) is 31.0 Å². The third kappa shape index (κ3) is 3.47. The van der Waals surface area contributed by atoms with E-state index >= 15 is 0 Å². The van der Waals surface area contributed by atoms with Crippen LogP contribution in [0.15, 0.2) is 18.2 Å². The smallest absolute Gasteiger partial charge is 0.410 e. The van der Waals surface area contributed by atoms with Crippen molar-refractivity contribution in [3.8, 4) is 0 Å². The largest absolute Gasteiger partial charge is 0.450 e. The van der Waals surface area contributed by atoms with Crippen molar-refractivity contribution >= 4 is 17.7 Å². The van der Waals surface area contributed by atoms with Gasteiger partial charge in [-0.2, -0.15) is 0 Å². The van der Waals surface area contributed by atoms with Gasteiger partial charge in [-0.25, -0.2) is 9.18 Å². The first-order chi connectivity index (χ1) is 14.5. The molecule has 3 atom stereocenters. The van der Waals surface area contributed by atoms with E-state index in [1.807, 2.05) is 16.7 Å². The van der Waals surface area contributed by atoms with Gasteiger partial charge in [-0.1, -0.05) is 0 Å². The predicted molar refractivity (Wildman–Crippen MR) is 111 cm³/mol. The monoisotopic (exact) mass is 415 g/mol. The number of piperidine rings is 1. The average molecular weight is 416 g/mol. The van der Waals surface area contributed by atoms with Crippen LogP contribution in [0.4, 0.5) is 14.9 Å². The first-order valence-electron chi connectivity index (χ1n) is 11.3. The summed E-state index contributed by atoms with van der Waals surface area (Å²) in [5.41, 5.74) is 1.69. The van der Waals surface area contributed by atoms with Crippen LogP contribution in [-0.2, 0) is 16.0 Å². The molecule has 1 aromatic rings. The minimum absolute atomic E-state index is 0.0863. The first kappa shape index (κ1) is 19.8. The number of nitrogens with zero attached hydrogens (tertiary/aromatic N) is 3. The molecule has 30 heavy (non-hydrogen) atoms. The number of carbonyl (C=O) groups excluding carboxylic acids is 2. The highest BCUT2D eigenvalue weighted by Gasteiger charge is 2.45. The molecule has 6 nitrogen and oxygen atoms in total. The van der Waals surface area contributed by atoms with Crippen LogP contribution >= 0.6 is 0 Å². The maximum absolute atomic E-state index is 13.5. The Kier molecular flexibility index (Phi) is 5.17. The lowest BCUT2D eigenvalue weighted by atomic mass is 9.90. The minimum atomic E-state index is -0.278. The number of likely N-dealkylation sites (tertiary alicyclic amines) is 1. The van der Waals surface area contributed by atoms with Gasteiger partial charge < -0.3 is 19.4 Å². The molecule has 7 heteroatoms. The molecular weight excluding hydrogens is 385 g/mol. The number of hydrogen-bond acceptors (Lipinski definition) is 4. The second-order valence-electron chi connectivity index (χ2n) is 9.24. The second-order valence-corrected chi connectivity index (χ2v) is 9.24. The lowest BCUT2D eigenvalue weighted by Crippen LogP contribution is -2.48. The Morgan fingerprint density at radius 3 is 2.67 bits per heavy atom. The summed E-state index contributed by atoms with van der Waals surface area (Å²) in [5.74, 6) is 0.395. The maximum atomic E-state index is 13.5. The highest BCUT2D eigenvalue weighted by Crippen LogP contribution is 2.40. The number of amides is 2. The normalized spacial score (nSPS) is 30.8. The molecule has 4 aliphatic heterocycles. The van der Waals surface area contributed by atoms with Crippen LogP contribution in [0.5, 0.6) is 0 Å². The van der Waals surface area contributed by atoms with Crippen LogP contribution in [0.1, 0.15) is 44.6 Å². The van der Waals surface area contributed by atoms with Gasteiger partial charge in [-0.3, -0.25) is 4.79 Å². The van der Waals surface area contributed by atoms with E-state index in [4.69, 9.17) is 4.74 Å². The van der Waals surface area contributed by atoms with Crippen molar-refractivity contribution in [2.75, 3.05) is 31.1 Å². The molecular formula is C23H30FN3O3. The number of halogens is 1. The summed E-state index contributed by atoms with van der Waals surface area (Å²) in [4.78, 5) is 31.3. The van der Waals surface area contributed by atoms with Crippen LogP contribution in [0.3, 0.4) is 0 Å². The van der Waals surface area contributed by atoms with E-state index in [-0.39, 0.29) is 23.9 Å². The molecule has 2 bridgehead atoms. The number of ether oxygens (including phenoxy) is 1. The number of carbonyl (C=O) groups is 2. The summed E-state index contributed by atoms with van der Waals surface area (Å²) >= 11 is 0. The van der Waals surface area contributed by atoms with Crippen molar-refractivity contribution in [1.29, 1.82) is 0 Å². The van der Waals surface area contributed by atoms with E-state index in [2.05, 4.69) is 4.90 Å². The van der Waals surface area contributed by atoms with Gasteiger partial charge >= 0.3 is 6.09 Å².